The molecule has 1 saturated carbocycles. The fraction of sp³-hybridized carbons (Fsp3) is 0.714. The zero-order valence-corrected chi connectivity index (χ0v) is 22.9. The van der Waals surface area contributed by atoms with E-state index in [-0.39, 0.29) is 11.9 Å². The summed E-state index contributed by atoms with van der Waals surface area (Å²) < 4.78 is 5.44. The van der Waals surface area contributed by atoms with Crippen molar-refractivity contribution >= 4 is 23.8 Å². The first-order chi connectivity index (χ1) is 16.7. The summed E-state index contributed by atoms with van der Waals surface area (Å²) in [7, 11) is 0. The SMILES string of the molecule is Cc1ccc(CN2CCC(NC(=O)C(CSCC3CCCCC3)NC(=O)OC(C)(C)C)CC2)cc1. The molecule has 1 aliphatic heterocycles. The first-order valence-electron chi connectivity index (χ1n) is 13.3. The molecule has 0 spiro atoms. The summed E-state index contributed by atoms with van der Waals surface area (Å²) in [6, 6.07) is 8.27. The lowest BCUT2D eigenvalue weighted by atomic mass is 9.91. The molecule has 0 bridgehead atoms. The molecule has 1 atom stereocenters. The number of amides is 2. The Balaban J connectivity index is 1.47. The van der Waals surface area contributed by atoms with Gasteiger partial charge >= 0.3 is 6.09 Å². The standard InChI is InChI=1S/C28H45N3O3S/c1-21-10-12-22(13-11-21)18-31-16-14-24(15-17-31)29-26(32)25(30-27(33)34-28(2,3)4)20-35-19-23-8-6-5-7-9-23/h10-13,23-25H,5-9,14-20H2,1-4H3,(H,29,32)(H,30,33). The van der Waals surface area contributed by atoms with Gasteiger partial charge in [0.15, 0.2) is 0 Å². The normalized spacial score (nSPS) is 19.2. The first kappa shape index (κ1) is 27.9. The van der Waals surface area contributed by atoms with Crippen molar-refractivity contribution in [3.05, 3.63) is 35.4 Å². The lowest BCUT2D eigenvalue weighted by Gasteiger charge is -2.33. The van der Waals surface area contributed by atoms with Crippen LogP contribution in [0.2, 0.25) is 0 Å². The number of benzene rings is 1. The fourth-order valence-corrected chi connectivity index (χ4v) is 6.10. The molecular weight excluding hydrogens is 458 g/mol. The average Bonchev–Trinajstić information content (AvgIpc) is 2.80. The van der Waals surface area contributed by atoms with Crippen LogP contribution in [-0.2, 0) is 16.1 Å². The number of ether oxygens (including phenoxy) is 1. The van der Waals surface area contributed by atoms with E-state index in [0.717, 1.165) is 44.1 Å². The van der Waals surface area contributed by atoms with E-state index < -0.39 is 17.7 Å². The van der Waals surface area contributed by atoms with Crippen molar-refractivity contribution in [2.75, 3.05) is 24.6 Å². The molecule has 2 aliphatic rings. The van der Waals surface area contributed by atoms with Gasteiger partial charge in [-0.05, 0) is 70.6 Å². The Morgan fingerprint density at radius 3 is 2.34 bits per heavy atom. The minimum atomic E-state index is -0.593. The van der Waals surface area contributed by atoms with E-state index in [9.17, 15) is 9.59 Å². The van der Waals surface area contributed by atoms with E-state index in [1.165, 1.54) is 43.2 Å². The maximum absolute atomic E-state index is 13.2. The zero-order valence-electron chi connectivity index (χ0n) is 22.1. The highest BCUT2D eigenvalue weighted by molar-refractivity contribution is 7.99. The molecule has 1 heterocycles. The van der Waals surface area contributed by atoms with Gasteiger partial charge < -0.3 is 15.4 Å². The highest BCUT2D eigenvalue weighted by Gasteiger charge is 2.28. The summed E-state index contributed by atoms with van der Waals surface area (Å²) in [6.07, 6.45) is 7.86. The Morgan fingerprint density at radius 1 is 1.06 bits per heavy atom. The number of aryl methyl sites for hydroxylation is 1. The number of nitrogens with one attached hydrogen (secondary N) is 2. The molecule has 0 radical (unpaired) electrons. The summed E-state index contributed by atoms with van der Waals surface area (Å²) in [5.74, 6) is 2.27. The molecule has 1 saturated heterocycles. The van der Waals surface area contributed by atoms with Crippen LogP contribution >= 0.6 is 11.8 Å². The van der Waals surface area contributed by atoms with Crippen LogP contribution in [0.5, 0.6) is 0 Å². The highest BCUT2D eigenvalue weighted by Crippen LogP contribution is 2.27. The molecule has 35 heavy (non-hydrogen) atoms. The van der Waals surface area contributed by atoms with Crippen molar-refractivity contribution in [3.8, 4) is 0 Å². The van der Waals surface area contributed by atoms with Gasteiger partial charge in [0.05, 0.1) is 0 Å². The molecule has 0 aromatic heterocycles. The smallest absolute Gasteiger partial charge is 0.408 e. The number of alkyl carbamates (subject to hydrolysis) is 1. The number of carbonyl (C=O) groups is 2. The number of hydrogen-bond acceptors (Lipinski definition) is 5. The third kappa shape index (κ3) is 10.4. The number of likely N-dealkylation sites (tertiary alicyclic amines) is 1. The molecule has 1 aliphatic carbocycles. The molecule has 1 aromatic rings. The number of rotatable bonds is 9. The van der Waals surface area contributed by atoms with E-state index in [1.54, 1.807) is 11.8 Å². The van der Waals surface area contributed by atoms with Crippen molar-refractivity contribution in [2.45, 2.75) is 96.9 Å². The summed E-state index contributed by atoms with van der Waals surface area (Å²) in [6.45, 7) is 10.5. The molecule has 2 fully saturated rings. The predicted molar refractivity (Wildman–Crippen MR) is 145 cm³/mol. The second kappa shape index (κ2) is 13.5. The van der Waals surface area contributed by atoms with Crippen LogP contribution in [0.4, 0.5) is 4.79 Å². The monoisotopic (exact) mass is 503 g/mol. The largest absolute Gasteiger partial charge is 0.444 e. The molecule has 7 heteroatoms. The number of nitrogens with zero attached hydrogens (tertiary/aromatic N) is 1. The molecule has 6 nitrogen and oxygen atoms in total. The van der Waals surface area contributed by atoms with Gasteiger partial charge in [-0.25, -0.2) is 4.79 Å². The van der Waals surface area contributed by atoms with Gasteiger partial charge in [0.25, 0.3) is 0 Å². The average molecular weight is 504 g/mol. The van der Waals surface area contributed by atoms with Crippen LogP contribution in [-0.4, -0.2) is 59.2 Å². The van der Waals surface area contributed by atoms with E-state index in [1.807, 2.05) is 20.8 Å². The van der Waals surface area contributed by atoms with Crippen molar-refractivity contribution in [1.29, 1.82) is 0 Å². The topological polar surface area (TPSA) is 70.7 Å². The first-order valence-corrected chi connectivity index (χ1v) is 14.5. The van der Waals surface area contributed by atoms with Crippen molar-refractivity contribution in [3.63, 3.8) is 0 Å². The lowest BCUT2D eigenvalue weighted by molar-refractivity contribution is -0.123. The van der Waals surface area contributed by atoms with E-state index in [4.69, 9.17) is 4.74 Å². The van der Waals surface area contributed by atoms with Crippen molar-refractivity contribution in [2.24, 2.45) is 5.92 Å². The van der Waals surface area contributed by atoms with Crippen LogP contribution in [0, 0.1) is 12.8 Å². The maximum Gasteiger partial charge on any atom is 0.408 e. The van der Waals surface area contributed by atoms with Gasteiger partial charge in [-0.2, -0.15) is 11.8 Å². The summed E-state index contributed by atoms with van der Waals surface area (Å²) in [4.78, 5) is 28.1. The highest BCUT2D eigenvalue weighted by atomic mass is 32.2. The Bertz CT molecular complexity index is 795. The van der Waals surface area contributed by atoms with Crippen LogP contribution in [0.15, 0.2) is 24.3 Å². The molecular formula is C28H45N3O3S. The summed E-state index contributed by atoms with van der Waals surface area (Å²) in [5, 5.41) is 6.06. The van der Waals surface area contributed by atoms with Gasteiger partial charge in [-0.1, -0.05) is 49.1 Å². The van der Waals surface area contributed by atoms with Crippen LogP contribution < -0.4 is 10.6 Å². The van der Waals surface area contributed by atoms with E-state index >= 15 is 0 Å². The van der Waals surface area contributed by atoms with Gasteiger partial charge in [-0.3, -0.25) is 9.69 Å². The van der Waals surface area contributed by atoms with Gasteiger partial charge in [0.2, 0.25) is 5.91 Å². The minimum Gasteiger partial charge on any atom is -0.444 e. The predicted octanol–water partition coefficient (Wildman–Crippen LogP) is 5.28. The molecule has 1 aromatic carbocycles. The van der Waals surface area contributed by atoms with Gasteiger partial charge in [-0.15, -0.1) is 0 Å². The minimum absolute atomic E-state index is 0.0935. The quantitative estimate of drug-likeness (QED) is 0.480. The van der Waals surface area contributed by atoms with Crippen LogP contribution in [0.3, 0.4) is 0 Å². The zero-order chi connectivity index (χ0) is 25.3. The van der Waals surface area contributed by atoms with E-state index in [0.29, 0.717) is 5.75 Å². The molecule has 3 rings (SSSR count). The second-order valence-electron chi connectivity index (χ2n) is 11.3. The van der Waals surface area contributed by atoms with Crippen molar-refractivity contribution < 1.29 is 14.3 Å². The maximum atomic E-state index is 13.2. The fourth-order valence-electron chi connectivity index (χ4n) is 4.83. The van der Waals surface area contributed by atoms with Crippen LogP contribution in [0.1, 0.15) is 76.8 Å². The number of hydrogen-bond donors (Lipinski definition) is 2. The third-order valence-corrected chi connectivity index (χ3v) is 8.11. The number of carbonyl (C=O) groups excluding carboxylic acids is 2. The Labute approximate surface area is 216 Å². The second-order valence-corrected chi connectivity index (χ2v) is 12.4. The van der Waals surface area contributed by atoms with Crippen LogP contribution in [0.25, 0.3) is 0 Å². The van der Waals surface area contributed by atoms with Gasteiger partial charge in [0, 0.05) is 31.4 Å². The third-order valence-electron chi connectivity index (χ3n) is 6.83. The Hall–Kier alpha value is -1.73. The summed E-state index contributed by atoms with van der Waals surface area (Å²) in [5.41, 5.74) is 2.02. The van der Waals surface area contributed by atoms with Gasteiger partial charge in [0.1, 0.15) is 11.6 Å². The molecule has 2 N–H and O–H groups in total. The van der Waals surface area contributed by atoms with E-state index in [2.05, 4.69) is 46.7 Å². The Kier molecular flexibility index (Phi) is 10.8. The van der Waals surface area contributed by atoms with Crippen molar-refractivity contribution in [1.82, 2.24) is 15.5 Å². The number of thioether (sulfide) groups is 1. The lowest BCUT2D eigenvalue weighted by Crippen LogP contribution is -2.53. The molecule has 196 valence electrons. The summed E-state index contributed by atoms with van der Waals surface area (Å²) >= 11 is 1.78. The Morgan fingerprint density at radius 2 is 1.71 bits per heavy atom. The molecule has 2 amide bonds. The molecule has 1 unspecified atom stereocenters. The number of piperidine rings is 1.